The van der Waals surface area contributed by atoms with E-state index in [1.807, 2.05) is 6.92 Å². The van der Waals surface area contributed by atoms with Crippen LogP contribution in [0.2, 0.25) is 0 Å². The molecule has 0 bridgehead atoms. The Bertz CT molecular complexity index is 252. The number of amides is 1. The number of nitrogens with one attached hydrogen (secondary N) is 2. The molecule has 0 saturated heterocycles. The van der Waals surface area contributed by atoms with Gasteiger partial charge < -0.3 is 15.4 Å². The molecule has 1 amide bonds. The molecule has 0 aliphatic carbocycles. The van der Waals surface area contributed by atoms with Gasteiger partial charge in [-0.1, -0.05) is 11.6 Å². The van der Waals surface area contributed by atoms with Crippen molar-refractivity contribution in [3.05, 3.63) is 11.6 Å². The zero-order valence-corrected chi connectivity index (χ0v) is 10.8. The molecule has 0 aromatic heterocycles. The number of hydrogen-bond donors (Lipinski definition) is 2. The second-order valence-electron chi connectivity index (χ2n) is 4.22. The van der Waals surface area contributed by atoms with E-state index < -0.39 is 0 Å². The summed E-state index contributed by atoms with van der Waals surface area (Å²) in [6.07, 6.45) is 5.71. The fraction of sp³-hybridized carbons (Fsp3) is 0.769. The molecule has 4 nitrogen and oxygen atoms in total. The Labute approximate surface area is 104 Å². The predicted octanol–water partition coefficient (Wildman–Crippen LogP) is 1.23. The lowest BCUT2D eigenvalue weighted by Crippen LogP contribution is -2.26. The first-order valence-corrected chi connectivity index (χ1v) is 6.56. The van der Waals surface area contributed by atoms with Crippen molar-refractivity contribution in [1.29, 1.82) is 0 Å². The molecule has 0 saturated carbocycles. The van der Waals surface area contributed by atoms with Gasteiger partial charge in [0.25, 0.3) is 0 Å². The van der Waals surface area contributed by atoms with E-state index in [0.29, 0.717) is 13.0 Å². The highest BCUT2D eigenvalue weighted by molar-refractivity contribution is 5.75. The maximum atomic E-state index is 11.4. The van der Waals surface area contributed by atoms with Crippen LogP contribution in [0.15, 0.2) is 11.6 Å². The molecule has 0 fully saturated rings. The van der Waals surface area contributed by atoms with Crippen LogP contribution in [-0.2, 0) is 9.53 Å². The van der Waals surface area contributed by atoms with Gasteiger partial charge in [-0.05, 0) is 32.7 Å². The largest absolute Gasteiger partial charge is 0.382 e. The molecule has 1 rings (SSSR count). The van der Waals surface area contributed by atoms with E-state index in [-0.39, 0.29) is 5.91 Å². The van der Waals surface area contributed by atoms with Crippen molar-refractivity contribution in [1.82, 2.24) is 10.6 Å². The van der Waals surface area contributed by atoms with Gasteiger partial charge in [0, 0.05) is 32.7 Å². The average molecular weight is 240 g/mol. The summed E-state index contributed by atoms with van der Waals surface area (Å²) >= 11 is 0. The van der Waals surface area contributed by atoms with Gasteiger partial charge in [-0.15, -0.1) is 0 Å². The molecular weight excluding hydrogens is 216 g/mol. The highest BCUT2D eigenvalue weighted by atomic mass is 16.5. The van der Waals surface area contributed by atoms with Crippen molar-refractivity contribution in [2.75, 3.05) is 32.8 Å². The van der Waals surface area contributed by atoms with Gasteiger partial charge in [0.15, 0.2) is 0 Å². The standard InChI is InChI=1S/C13H24N2O2/c1-2-17-11-3-4-13(16)15-10-7-12-5-8-14-9-6-12/h5,14H,2-4,6-11H2,1H3,(H,15,16). The van der Waals surface area contributed by atoms with Crippen LogP contribution >= 0.6 is 0 Å². The molecule has 4 heteroatoms. The minimum Gasteiger partial charge on any atom is -0.382 e. The lowest BCUT2D eigenvalue weighted by atomic mass is 10.1. The number of hydrogen-bond acceptors (Lipinski definition) is 3. The average Bonchev–Trinajstić information content (AvgIpc) is 2.36. The lowest BCUT2D eigenvalue weighted by molar-refractivity contribution is -0.121. The second-order valence-corrected chi connectivity index (χ2v) is 4.22. The van der Waals surface area contributed by atoms with Crippen molar-refractivity contribution >= 4 is 5.91 Å². The zero-order chi connectivity index (χ0) is 12.3. The van der Waals surface area contributed by atoms with Crippen LogP contribution in [0.4, 0.5) is 0 Å². The summed E-state index contributed by atoms with van der Waals surface area (Å²) in [4.78, 5) is 11.4. The fourth-order valence-electron chi connectivity index (χ4n) is 1.83. The summed E-state index contributed by atoms with van der Waals surface area (Å²) in [5.41, 5.74) is 1.46. The fourth-order valence-corrected chi connectivity index (χ4v) is 1.83. The summed E-state index contributed by atoms with van der Waals surface area (Å²) in [5, 5.41) is 6.23. The van der Waals surface area contributed by atoms with Crippen molar-refractivity contribution in [3.8, 4) is 0 Å². The Morgan fingerprint density at radius 3 is 3.18 bits per heavy atom. The SMILES string of the molecule is CCOCCCC(=O)NCCC1=CCNCC1. The molecule has 0 spiro atoms. The monoisotopic (exact) mass is 240 g/mol. The topological polar surface area (TPSA) is 50.4 Å². The number of carbonyl (C=O) groups is 1. The summed E-state index contributed by atoms with van der Waals surface area (Å²) in [6.45, 7) is 6.17. The molecule has 0 atom stereocenters. The van der Waals surface area contributed by atoms with E-state index in [4.69, 9.17) is 4.74 Å². The Balaban J connectivity index is 1.98. The number of ether oxygens (including phenoxy) is 1. The molecule has 1 aliphatic heterocycles. The van der Waals surface area contributed by atoms with Crippen molar-refractivity contribution in [2.24, 2.45) is 0 Å². The Morgan fingerprint density at radius 1 is 1.59 bits per heavy atom. The van der Waals surface area contributed by atoms with Crippen LogP contribution in [0, 0.1) is 0 Å². The minimum atomic E-state index is 0.138. The number of carbonyl (C=O) groups excluding carboxylic acids is 1. The molecule has 0 radical (unpaired) electrons. The van der Waals surface area contributed by atoms with E-state index >= 15 is 0 Å². The van der Waals surface area contributed by atoms with Gasteiger partial charge in [0.1, 0.15) is 0 Å². The Hall–Kier alpha value is -0.870. The third kappa shape index (κ3) is 7.13. The third-order valence-corrected chi connectivity index (χ3v) is 2.82. The van der Waals surface area contributed by atoms with Gasteiger partial charge in [0.2, 0.25) is 5.91 Å². The van der Waals surface area contributed by atoms with Gasteiger partial charge >= 0.3 is 0 Å². The van der Waals surface area contributed by atoms with Crippen molar-refractivity contribution in [2.45, 2.75) is 32.6 Å². The minimum absolute atomic E-state index is 0.138. The molecule has 0 unspecified atom stereocenters. The maximum Gasteiger partial charge on any atom is 0.220 e. The summed E-state index contributed by atoms with van der Waals surface area (Å²) < 4.78 is 5.19. The smallest absolute Gasteiger partial charge is 0.220 e. The molecule has 2 N–H and O–H groups in total. The van der Waals surface area contributed by atoms with Gasteiger partial charge in [-0.25, -0.2) is 0 Å². The highest BCUT2D eigenvalue weighted by Gasteiger charge is 2.04. The quantitative estimate of drug-likeness (QED) is 0.495. The van der Waals surface area contributed by atoms with Gasteiger partial charge in [-0.3, -0.25) is 4.79 Å². The maximum absolute atomic E-state index is 11.4. The van der Waals surface area contributed by atoms with Crippen LogP contribution in [-0.4, -0.2) is 38.8 Å². The van der Waals surface area contributed by atoms with Crippen LogP contribution < -0.4 is 10.6 Å². The number of rotatable bonds is 8. The van der Waals surface area contributed by atoms with E-state index in [1.165, 1.54) is 5.57 Å². The molecule has 1 aliphatic rings. The van der Waals surface area contributed by atoms with Gasteiger partial charge in [-0.2, -0.15) is 0 Å². The molecule has 0 aromatic rings. The first kappa shape index (κ1) is 14.2. The summed E-state index contributed by atoms with van der Waals surface area (Å²) in [5.74, 6) is 0.138. The van der Waals surface area contributed by atoms with Crippen LogP contribution in [0.1, 0.15) is 32.6 Å². The van der Waals surface area contributed by atoms with Gasteiger partial charge in [0.05, 0.1) is 0 Å². The zero-order valence-electron chi connectivity index (χ0n) is 10.8. The van der Waals surface area contributed by atoms with E-state index in [1.54, 1.807) is 0 Å². The van der Waals surface area contributed by atoms with Crippen molar-refractivity contribution in [3.63, 3.8) is 0 Å². The van der Waals surface area contributed by atoms with Crippen molar-refractivity contribution < 1.29 is 9.53 Å². The normalized spacial score (nSPS) is 15.5. The third-order valence-electron chi connectivity index (χ3n) is 2.82. The molecule has 98 valence electrons. The summed E-state index contributed by atoms with van der Waals surface area (Å²) in [7, 11) is 0. The van der Waals surface area contributed by atoms with Crippen LogP contribution in [0.5, 0.6) is 0 Å². The van der Waals surface area contributed by atoms with E-state index in [9.17, 15) is 4.79 Å². The molecular formula is C13H24N2O2. The van der Waals surface area contributed by atoms with E-state index in [0.717, 1.165) is 45.5 Å². The second kappa shape index (κ2) is 9.19. The lowest BCUT2D eigenvalue weighted by Gasteiger charge is -2.14. The molecule has 0 aromatic carbocycles. The molecule has 17 heavy (non-hydrogen) atoms. The predicted molar refractivity (Wildman–Crippen MR) is 68.9 cm³/mol. The first-order chi connectivity index (χ1) is 8.33. The highest BCUT2D eigenvalue weighted by Crippen LogP contribution is 2.07. The summed E-state index contributed by atoms with van der Waals surface area (Å²) in [6, 6.07) is 0. The Morgan fingerprint density at radius 2 is 2.47 bits per heavy atom. The molecule has 1 heterocycles. The Kier molecular flexibility index (Phi) is 7.67. The van der Waals surface area contributed by atoms with E-state index in [2.05, 4.69) is 16.7 Å². The first-order valence-electron chi connectivity index (χ1n) is 6.56. The van der Waals surface area contributed by atoms with Crippen LogP contribution in [0.25, 0.3) is 0 Å². The van der Waals surface area contributed by atoms with Crippen LogP contribution in [0.3, 0.4) is 0 Å².